The summed E-state index contributed by atoms with van der Waals surface area (Å²) in [5.74, 6) is 1.18. The highest BCUT2D eigenvalue weighted by Crippen LogP contribution is 2.24. The number of halogens is 1. The van der Waals surface area contributed by atoms with Gasteiger partial charge in [0.05, 0.1) is 13.7 Å². The standard InChI is InChI=1S/C14H21BrN4O2/c1-21-13-3-2-12(15)8-11(13)9-18-4-6-19(7-5-18)10-14(16)17-20/h2-3,8,20H,4-7,9-10H2,1H3,(H2,16,17). The lowest BCUT2D eigenvalue weighted by Gasteiger charge is -2.34. The number of benzene rings is 1. The molecule has 7 heteroatoms. The number of methoxy groups -OCH3 is 1. The van der Waals surface area contributed by atoms with E-state index < -0.39 is 0 Å². The number of amidine groups is 1. The van der Waals surface area contributed by atoms with Crippen LogP contribution in [0, 0.1) is 0 Å². The van der Waals surface area contributed by atoms with Crippen LogP contribution in [0.2, 0.25) is 0 Å². The van der Waals surface area contributed by atoms with E-state index in [1.807, 2.05) is 12.1 Å². The molecule has 1 fully saturated rings. The Balaban J connectivity index is 1.90. The van der Waals surface area contributed by atoms with E-state index in [0.717, 1.165) is 42.9 Å². The van der Waals surface area contributed by atoms with Crippen molar-refractivity contribution >= 4 is 21.8 Å². The third-order valence-corrected chi connectivity index (χ3v) is 4.11. The zero-order chi connectivity index (χ0) is 15.2. The quantitative estimate of drug-likeness (QED) is 0.360. The van der Waals surface area contributed by atoms with Gasteiger partial charge in [-0.05, 0) is 18.2 Å². The Bertz CT molecular complexity index is 502. The number of ether oxygens (including phenoxy) is 1. The van der Waals surface area contributed by atoms with Crippen LogP contribution in [0.1, 0.15) is 5.56 Å². The van der Waals surface area contributed by atoms with Crippen LogP contribution in [-0.4, -0.2) is 60.7 Å². The molecule has 21 heavy (non-hydrogen) atoms. The van der Waals surface area contributed by atoms with Gasteiger partial charge in [-0.15, -0.1) is 0 Å². The first kappa shape index (κ1) is 16.1. The summed E-state index contributed by atoms with van der Waals surface area (Å²) >= 11 is 3.50. The van der Waals surface area contributed by atoms with Gasteiger partial charge in [-0.3, -0.25) is 9.80 Å². The minimum absolute atomic E-state index is 0.261. The maximum atomic E-state index is 8.60. The summed E-state index contributed by atoms with van der Waals surface area (Å²) in [6.07, 6.45) is 0. The number of nitrogens with two attached hydrogens (primary N) is 1. The summed E-state index contributed by atoms with van der Waals surface area (Å²) in [6.45, 7) is 5.10. The summed E-state index contributed by atoms with van der Waals surface area (Å²) in [4.78, 5) is 4.57. The molecule has 6 nitrogen and oxygen atoms in total. The van der Waals surface area contributed by atoms with E-state index in [1.165, 1.54) is 5.56 Å². The van der Waals surface area contributed by atoms with Gasteiger partial charge in [-0.2, -0.15) is 0 Å². The lowest BCUT2D eigenvalue weighted by atomic mass is 10.1. The van der Waals surface area contributed by atoms with Crippen LogP contribution < -0.4 is 10.5 Å². The largest absolute Gasteiger partial charge is 0.496 e. The predicted octanol–water partition coefficient (Wildman–Crippen LogP) is 1.32. The second-order valence-corrected chi connectivity index (χ2v) is 6.02. The van der Waals surface area contributed by atoms with E-state index in [2.05, 4.69) is 37.0 Å². The van der Waals surface area contributed by atoms with Crippen molar-refractivity contribution in [1.29, 1.82) is 0 Å². The lowest BCUT2D eigenvalue weighted by Crippen LogP contribution is -2.48. The minimum atomic E-state index is 0.261. The molecule has 0 aromatic heterocycles. The average molecular weight is 357 g/mol. The third-order valence-electron chi connectivity index (χ3n) is 3.62. The Kier molecular flexibility index (Phi) is 5.84. The molecule has 0 bridgehead atoms. The van der Waals surface area contributed by atoms with Gasteiger partial charge in [0.1, 0.15) is 5.75 Å². The van der Waals surface area contributed by atoms with Gasteiger partial charge in [0, 0.05) is 42.8 Å². The van der Waals surface area contributed by atoms with Crippen molar-refractivity contribution in [3.05, 3.63) is 28.2 Å². The monoisotopic (exact) mass is 356 g/mol. The summed E-state index contributed by atoms with van der Waals surface area (Å²) in [6, 6.07) is 6.06. The predicted molar refractivity (Wildman–Crippen MR) is 85.8 cm³/mol. The normalized spacial score (nSPS) is 17.9. The second kappa shape index (κ2) is 7.63. The molecule has 0 amide bonds. The molecule has 0 saturated carbocycles. The van der Waals surface area contributed by atoms with Crippen molar-refractivity contribution in [2.45, 2.75) is 6.54 Å². The molecule has 0 aliphatic carbocycles. The fraction of sp³-hybridized carbons (Fsp3) is 0.500. The molecule has 1 heterocycles. The fourth-order valence-corrected chi connectivity index (χ4v) is 2.89. The van der Waals surface area contributed by atoms with E-state index in [9.17, 15) is 0 Å². The minimum Gasteiger partial charge on any atom is -0.496 e. The summed E-state index contributed by atoms with van der Waals surface area (Å²) in [7, 11) is 1.70. The first-order valence-corrected chi connectivity index (χ1v) is 7.65. The highest BCUT2D eigenvalue weighted by Gasteiger charge is 2.19. The zero-order valence-electron chi connectivity index (χ0n) is 12.1. The van der Waals surface area contributed by atoms with Crippen molar-refractivity contribution in [2.24, 2.45) is 10.9 Å². The van der Waals surface area contributed by atoms with Crippen LogP contribution in [0.5, 0.6) is 5.75 Å². The summed E-state index contributed by atoms with van der Waals surface area (Å²) in [5, 5.41) is 11.6. The highest BCUT2D eigenvalue weighted by atomic mass is 79.9. The van der Waals surface area contributed by atoms with Crippen molar-refractivity contribution in [3.8, 4) is 5.75 Å². The van der Waals surface area contributed by atoms with Gasteiger partial charge in [0.25, 0.3) is 0 Å². The Morgan fingerprint density at radius 3 is 2.62 bits per heavy atom. The van der Waals surface area contributed by atoms with Crippen molar-refractivity contribution in [2.75, 3.05) is 39.8 Å². The number of oxime groups is 1. The number of piperazine rings is 1. The van der Waals surface area contributed by atoms with E-state index in [4.69, 9.17) is 15.7 Å². The number of hydrogen-bond donors (Lipinski definition) is 2. The summed E-state index contributed by atoms with van der Waals surface area (Å²) in [5.41, 5.74) is 6.72. The Hall–Kier alpha value is -1.31. The number of nitrogens with zero attached hydrogens (tertiary/aromatic N) is 3. The molecule has 1 aromatic rings. The smallest absolute Gasteiger partial charge is 0.153 e. The van der Waals surface area contributed by atoms with Crippen molar-refractivity contribution < 1.29 is 9.94 Å². The molecule has 0 spiro atoms. The molecule has 1 aromatic carbocycles. The van der Waals surface area contributed by atoms with Gasteiger partial charge < -0.3 is 15.7 Å². The van der Waals surface area contributed by atoms with Gasteiger partial charge in [0.15, 0.2) is 5.84 Å². The fourth-order valence-electron chi connectivity index (χ4n) is 2.48. The molecule has 2 rings (SSSR count). The average Bonchev–Trinajstić information content (AvgIpc) is 2.49. The number of rotatable bonds is 5. The first-order valence-electron chi connectivity index (χ1n) is 6.86. The zero-order valence-corrected chi connectivity index (χ0v) is 13.7. The van der Waals surface area contributed by atoms with Crippen LogP contribution in [0.3, 0.4) is 0 Å². The molecule has 0 unspecified atom stereocenters. The Morgan fingerprint density at radius 1 is 1.33 bits per heavy atom. The maximum absolute atomic E-state index is 8.60. The summed E-state index contributed by atoms with van der Waals surface area (Å²) < 4.78 is 6.47. The molecular formula is C14H21BrN4O2. The maximum Gasteiger partial charge on any atom is 0.153 e. The van der Waals surface area contributed by atoms with Gasteiger partial charge in [-0.1, -0.05) is 21.1 Å². The van der Waals surface area contributed by atoms with Gasteiger partial charge in [0.2, 0.25) is 0 Å². The van der Waals surface area contributed by atoms with E-state index in [0.29, 0.717) is 6.54 Å². The van der Waals surface area contributed by atoms with Crippen LogP contribution >= 0.6 is 15.9 Å². The van der Waals surface area contributed by atoms with Crippen LogP contribution in [0.25, 0.3) is 0 Å². The molecular weight excluding hydrogens is 336 g/mol. The lowest BCUT2D eigenvalue weighted by molar-refractivity contribution is 0.138. The van der Waals surface area contributed by atoms with Gasteiger partial charge >= 0.3 is 0 Å². The molecule has 1 saturated heterocycles. The van der Waals surface area contributed by atoms with Crippen LogP contribution in [0.15, 0.2) is 27.8 Å². The van der Waals surface area contributed by atoms with Crippen molar-refractivity contribution in [1.82, 2.24) is 9.80 Å². The topological polar surface area (TPSA) is 74.3 Å². The van der Waals surface area contributed by atoms with E-state index in [-0.39, 0.29) is 5.84 Å². The molecule has 0 radical (unpaired) electrons. The molecule has 0 atom stereocenters. The third kappa shape index (κ3) is 4.59. The molecule has 1 aliphatic heterocycles. The second-order valence-electron chi connectivity index (χ2n) is 5.10. The molecule has 1 aliphatic rings. The van der Waals surface area contributed by atoms with Crippen LogP contribution in [-0.2, 0) is 6.54 Å². The van der Waals surface area contributed by atoms with Gasteiger partial charge in [-0.25, -0.2) is 0 Å². The Morgan fingerprint density at radius 2 is 2.00 bits per heavy atom. The number of hydrogen-bond acceptors (Lipinski definition) is 5. The van der Waals surface area contributed by atoms with Crippen molar-refractivity contribution in [3.63, 3.8) is 0 Å². The van der Waals surface area contributed by atoms with Crippen LogP contribution in [0.4, 0.5) is 0 Å². The highest BCUT2D eigenvalue weighted by molar-refractivity contribution is 9.10. The molecule has 3 N–H and O–H groups in total. The Labute approximate surface area is 133 Å². The SMILES string of the molecule is COc1ccc(Br)cc1CN1CCN(CC(N)=NO)CC1. The van der Waals surface area contributed by atoms with E-state index in [1.54, 1.807) is 7.11 Å². The first-order chi connectivity index (χ1) is 10.1. The van der Waals surface area contributed by atoms with E-state index >= 15 is 0 Å². The molecule has 116 valence electrons.